The third-order valence-electron chi connectivity index (χ3n) is 3.08. The Morgan fingerprint density at radius 2 is 1.83 bits per heavy atom. The van der Waals surface area contributed by atoms with Gasteiger partial charge in [0.25, 0.3) is 0 Å². The van der Waals surface area contributed by atoms with Crippen molar-refractivity contribution in [2.75, 3.05) is 13.7 Å². The molecule has 0 saturated heterocycles. The maximum Gasteiger partial charge on any atom is 0.118 e. The summed E-state index contributed by atoms with van der Waals surface area (Å²) in [7, 11) is 1.68. The van der Waals surface area contributed by atoms with Crippen LogP contribution in [0, 0.1) is 0 Å². The fourth-order valence-corrected chi connectivity index (χ4v) is 1.82. The largest absolute Gasteiger partial charge is 0.497 e. The molecule has 0 aromatic heterocycles. The molecule has 0 bridgehead atoms. The molecule has 2 N–H and O–H groups in total. The number of aryl methyl sites for hydroxylation is 1. The molecule has 102 valence electrons. The van der Waals surface area contributed by atoms with Gasteiger partial charge in [0.1, 0.15) is 5.75 Å². The molecule has 3 nitrogen and oxygen atoms in total. The molecule has 1 aromatic rings. The minimum atomic E-state index is -0.216. The maximum atomic E-state index is 9.17. The first kappa shape index (κ1) is 15.0. The van der Waals surface area contributed by atoms with Crippen LogP contribution in [0.2, 0.25) is 0 Å². The summed E-state index contributed by atoms with van der Waals surface area (Å²) < 4.78 is 5.13. The van der Waals surface area contributed by atoms with E-state index in [9.17, 15) is 5.11 Å². The van der Waals surface area contributed by atoms with Crippen molar-refractivity contribution in [1.82, 2.24) is 5.32 Å². The van der Waals surface area contributed by atoms with E-state index in [-0.39, 0.29) is 6.10 Å². The highest BCUT2D eigenvalue weighted by Gasteiger charge is 2.03. The van der Waals surface area contributed by atoms with Gasteiger partial charge in [-0.25, -0.2) is 0 Å². The minimum Gasteiger partial charge on any atom is -0.497 e. The Morgan fingerprint density at radius 3 is 2.39 bits per heavy atom. The van der Waals surface area contributed by atoms with Crippen LogP contribution in [0.1, 0.15) is 32.3 Å². The smallest absolute Gasteiger partial charge is 0.118 e. The summed E-state index contributed by atoms with van der Waals surface area (Å²) in [5.41, 5.74) is 1.33. The number of aliphatic hydroxyl groups is 1. The van der Waals surface area contributed by atoms with Crippen LogP contribution in [0.15, 0.2) is 24.3 Å². The van der Waals surface area contributed by atoms with Gasteiger partial charge in [-0.05, 0) is 57.4 Å². The van der Waals surface area contributed by atoms with Crippen molar-refractivity contribution >= 4 is 0 Å². The average molecular weight is 251 g/mol. The Hall–Kier alpha value is -1.06. The van der Waals surface area contributed by atoms with Crippen LogP contribution in [-0.2, 0) is 6.42 Å². The van der Waals surface area contributed by atoms with E-state index >= 15 is 0 Å². The number of benzene rings is 1. The summed E-state index contributed by atoms with van der Waals surface area (Å²) in [6.45, 7) is 4.89. The number of hydrogen-bond donors (Lipinski definition) is 2. The quantitative estimate of drug-likeness (QED) is 0.745. The van der Waals surface area contributed by atoms with Gasteiger partial charge in [-0.15, -0.1) is 0 Å². The Kier molecular flexibility index (Phi) is 6.76. The summed E-state index contributed by atoms with van der Waals surface area (Å²) in [5.74, 6) is 0.904. The van der Waals surface area contributed by atoms with Crippen LogP contribution in [0.25, 0.3) is 0 Å². The average Bonchev–Trinajstić information content (AvgIpc) is 2.36. The molecule has 0 heterocycles. The highest BCUT2D eigenvalue weighted by molar-refractivity contribution is 5.27. The lowest BCUT2D eigenvalue weighted by Gasteiger charge is -2.14. The maximum absolute atomic E-state index is 9.17. The first-order chi connectivity index (χ1) is 8.61. The minimum absolute atomic E-state index is 0.216. The van der Waals surface area contributed by atoms with Crippen LogP contribution < -0.4 is 10.1 Å². The van der Waals surface area contributed by atoms with Crippen molar-refractivity contribution in [2.24, 2.45) is 0 Å². The SMILES string of the molecule is COc1ccc(CCC(C)NCCC(C)O)cc1. The highest BCUT2D eigenvalue weighted by atomic mass is 16.5. The zero-order valence-electron chi connectivity index (χ0n) is 11.6. The molecular formula is C15H25NO2. The van der Waals surface area contributed by atoms with Gasteiger partial charge >= 0.3 is 0 Å². The molecule has 2 unspecified atom stereocenters. The van der Waals surface area contributed by atoms with Gasteiger partial charge in [-0.3, -0.25) is 0 Å². The van der Waals surface area contributed by atoms with E-state index in [0.29, 0.717) is 6.04 Å². The zero-order chi connectivity index (χ0) is 13.4. The second-order valence-corrected chi connectivity index (χ2v) is 4.88. The molecule has 0 aliphatic carbocycles. The van der Waals surface area contributed by atoms with Gasteiger partial charge in [0.2, 0.25) is 0 Å². The third kappa shape index (κ3) is 6.03. The van der Waals surface area contributed by atoms with Gasteiger partial charge in [-0.1, -0.05) is 12.1 Å². The molecular weight excluding hydrogens is 226 g/mol. The number of aliphatic hydroxyl groups excluding tert-OH is 1. The van der Waals surface area contributed by atoms with Crippen molar-refractivity contribution in [3.05, 3.63) is 29.8 Å². The molecule has 0 fully saturated rings. The van der Waals surface area contributed by atoms with E-state index in [1.54, 1.807) is 7.11 Å². The summed E-state index contributed by atoms with van der Waals surface area (Å²) in [4.78, 5) is 0. The van der Waals surface area contributed by atoms with Gasteiger partial charge in [0.05, 0.1) is 13.2 Å². The molecule has 0 aliphatic rings. The lowest BCUT2D eigenvalue weighted by molar-refractivity contribution is 0.182. The highest BCUT2D eigenvalue weighted by Crippen LogP contribution is 2.13. The monoisotopic (exact) mass is 251 g/mol. The van der Waals surface area contributed by atoms with E-state index in [0.717, 1.165) is 31.6 Å². The number of ether oxygens (including phenoxy) is 1. The Morgan fingerprint density at radius 1 is 1.17 bits per heavy atom. The first-order valence-corrected chi connectivity index (χ1v) is 6.66. The second-order valence-electron chi connectivity index (χ2n) is 4.88. The molecule has 0 amide bonds. The molecule has 2 atom stereocenters. The second kappa shape index (κ2) is 8.11. The molecule has 18 heavy (non-hydrogen) atoms. The topological polar surface area (TPSA) is 41.5 Å². The van der Waals surface area contributed by atoms with Gasteiger partial charge in [0, 0.05) is 6.04 Å². The standard InChI is InChI=1S/C15H25NO2/c1-12(16-11-10-13(2)17)4-5-14-6-8-15(18-3)9-7-14/h6-9,12-13,16-17H,4-5,10-11H2,1-3H3. The first-order valence-electron chi connectivity index (χ1n) is 6.66. The van der Waals surface area contributed by atoms with E-state index in [1.807, 2.05) is 19.1 Å². The molecule has 0 radical (unpaired) electrons. The number of nitrogens with one attached hydrogen (secondary N) is 1. The van der Waals surface area contributed by atoms with Crippen molar-refractivity contribution in [3.8, 4) is 5.75 Å². The molecule has 3 heteroatoms. The Balaban J connectivity index is 2.22. The van der Waals surface area contributed by atoms with Crippen LogP contribution in [0.5, 0.6) is 5.75 Å². The van der Waals surface area contributed by atoms with Crippen LogP contribution in [0.3, 0.4) is 0 Å². The van der Waals surface area contributed by atoms with Gasteiger partial charge in [0.15, 0.2) is 0 Å². The molecule has 0 saturated carbocycles. The van der Waals surface area contributed by atoms with Crippen molar-refractivity contribution in [2.45, 2.75) is 45.3 Å². The number of rotatable bonds is 8. The van der Waals surface area contributed by atoms with Crippen molar-refractivity contribution < 1.29 is 9.84 Å². The van der Waals surface area contributed by atoms with Gasteiger partial charge < -0.3 is 15.2 Å². The molecule has 1 aromatic carbocycles. The Bertz CT molecular complexity index is 322. The Labute approximate surface area is 110 Å². The predicted octanol–water partition coefficient (Wildman–Crippen LogP) is 2.38. The number of hydrogen-bond acceptors (Lipinski definition) is 3. The van der Waals surface area contributed by atoms with Gasteiger partial charge in [-0.2, -0.15) is 0 Å². The molecule has 1 rings (SSSR count). The van der Waals surface area contributed by atoms with E-state index in [1.165, 1.54) is 5.56 Å². The fraction of sp³-hybridized carbons (Fsp3) is 0.600. The summed E-state index contributed by atoms with van der Waals surface area (Å²) in [5, 5.41) is 12.6. The van der Waals surface area contributed by atoms with E-state index in [2.05, 4.69) is 24.4 Å². The summed E-state index contributed by atoms with van der Waals surface area (Å²) in [6.07, 6.45) is 2.76. The fourth-order valence-electron chi connectivity index (χ4n) is 1.82. The lowest BCUT2D eigenvalue weighted by Crippen LogP contribution is -2.29. The predicted molar refractivity (Wildman–Crippen MR) is 75.1 cm³/mol. The van der Waals surface area contributed by atoms with Crippen LogP contribution in [-0.4, -0.2) is 30.9 Å². The zero-order valence-corrected chi connectivity index (χ0v) is 11.6. The molecule has 0 aliphatic heterocycles. The van der Waals surface area contributed by atoms with Crippen LogP contribution in [0.4, 0.5) is 0 Å². The summed E-state index contributed by atoms with van der Waals surface area (Å²) >= 11 is 0. The normalized spacial score (nSPS) is 14.2. The third-order valence-corrected chi connectivity index (χ3v) is 3.08. The van der Waals surface area contributed by atoms with Crippen LogP contribution >= 0.6 is 0 Å². The molecule has 0 spiro atoms. The van der Waals surface area contributed by atoms with E-state index in [4.69, 9.17) is 4.74 Å². The number of methoxy groups -OCH3 is 1. The summed E-state index contributed by atoms with van der Waals surface area (Å²) in [6, 6.07) is 8.70. The lowest BCUT2D eigenvalue weighted by atomic mass is 10.1. The van der Waals surface area contributed by atoms with Crippen molar-refractivity contribution in [1.29, 1.82) is 0 Å². The van der Waals surface area contributed by atoms with Crippen molar-refractivity contribution in [3.63, 3.8) is 0 Å². The van der Waals surface area contributed by atoms with E-state index < -0.39 is 0 Å².